The molecule has 0 aliphatic heterocycles. The molecule has 1 aliphatic rings. The van der Waals surface area contributed by atoms with E-state index in [1.165, 1.54) is 6.42 Å². The summed E-state index contributed by atoms with van der Waals surface area (Å²) in [4.78, 5) is 0. The number of halogens is 2. The van der Waals surface area contributed by atoms with Crippen LogP contribution in [0.2, 0.25) is 0 Å². The van der Waals surface area contributed by atoms with Crippen molar-refractivity contribution < 1.29 is 49.5 Å². The van der Waals surface area contributed by atoms with Crippen LogP contribution in [-0.2, 0) is 24.7 Å². The summed E-state index contributed by atoms with van der Waals surface area (Å²) in [5.41, 5.74) is 0. The van der Waals surface area contributed by atoms with Crippen molar-refractivity contribution in [2.45, 2.75) is 6.42 Å². The Balaban J connectivity index is -0.000000120. The van der Waals surface area contributed by atoms with E-state index in [0.717, 1.165) is 0 Å². The van der Waals surface area contributed by atoms with Crippen molar-refractivity contribution in [3.8, 4) is 0 Å². The molecule has 0 nitrogen and oxygen atoms in total. The Bertz CT molecular complexity index is 112. The molecule has 0 saturated heterocycles. The van der Waals surface area contributed by atoms with Crippen molar-refractivity contribution in [3.05, 3.63) is 21.5 Å². The first-order valence-electron chi connectivity index (χ1n) is 1.97. The van der Waals surface area contributed by atoms with Crippen molar-refractivity contribution >= 4 is 11.0 Å². The van der Waals surface area contributed by atoms with Gasteiger partial charge in [-0.15, -0.1) is 0 Å². The van der Waals surface area contributed by atoms with E-state index in [4.69, 9.17) is 0 Å². The van der Waals surface area contributed by atoms with Crippen LogP contribution in [0.4, 0.5) is 0 Å². The third kappa shape index (κ3) is 7.05. The molecule has 1 rings (SSSR count). The van der Waals surface area contributed by atoms with Gasteiger partial charge in [-0.1, -0.05) is 0 Å². The third-order valence-electron chi connectivity index (χ3n) is 0.771. The van der Waals surface area contributed by atoms with Crippen LogP contribution < -0.4 is 24.8 Å². The van der Waals surface area contributed by atoms with Gasteiger partial charge in [0.25, 0.3) is 0 Å². The van der Waals surface area contributed by atoms with Crippen LogP contribution >= 0.6 is 0 Å². The predicted octanol–water partition coefficient (Wildman–Crippen LogP) is -6.07. The number of hydrogen-bond acceptors (Lipinski definition) is 0. The normalized spacial score (nSPS) is 12.4. The van der Waals surface area contributed by atoms with Crippen molar-refractivity contribution in [2.24, 2.45) is 0 Å². The van der Waals surface area contributed by atoms with Crippen LogP contribution in [0, 0.1) is 0 Å². The molecule has 1 aliphatic carbocycles. The second-order valence-electron chi connectivity index (χ2n) is 1.32. The summed E-state index contributed by atoms with van der Waals surface area (Å²) in [6.45, 7) is 0. The average molecular weight is 259 g/mol. The molecule has 51 valence electrons. The Morgan fingerprint density at radius 3 is 2.00 bits per heavy atom. The van der Waals surface area contributed by atoms with Gasteiger partial charge in [-0.3, -0.25) is 0 Å². The Kier molecular flexibility index (Phi) is 16.9. The molecule has 0 saturated carbocycles. The van der Waals surface area contributed by atoms with Crippen LogP contribution in [-0.4, -0.2) is 11.0 Å². The molecular weight excluding hydrogens is 250 g/mol. The molecule has 0 unspecified atom stereocenters. The van der Waals surface area contributed by atoms with Crippen LogP contribution in [0.3, 0.4) is 0 Å². The maximum atomic E-state index is 2.18. The molecule has 0 radical (unpaired) electrons. The van der Waals surface area contributed by atoms with Gasteiger partial charge in [0.05, 0.1) is 0 Å². The predicted molar refractivity (Wildman–Crippen MR) is 33.2 cm³/mol. The Hall–Kier alpha value is 1.16. The van der Waals surface area contributed by atoms with Gasteiger partial charge in [-0.25, -0.2) is 0 Å². The van der Waals surface area contributed by atoms with E-state index in [9.17, 15) is 0 Å². The van der Waals surface area contributed by atoms with Gasteiger partial charge in [0, 0.05) is 0 Å². The summed E-state index contributed by atoms with van der Waals surface area (Å²) >= 11 is 1.56. The van der Waals surface area contributed by atoms with E-state index in [-0.39, 0.29) is 35.8 Å². The minimum atomic E-state index is 0. The molecule has 0 aromatic heterocycles. The summed E-state index contributed by atoms with van der Waals surface area (Å²) < 4.78 is 1.56. The van der Waals surface area contributed by atoms with Gasteiger partial charge < -0.3 is 24.8 Å². The van der Waals surface area contributed by atoms with Gasteiger partial charge in [0.2, 0.25) is 0 Å². The molecule has 0 bridgehead atoms. The molecular formula is C5H9Cl2SiZr. The summed E-state index contributed by atoms with van der Waals surface area (Å²) in [5, 5.41) is 0. The zero-order chi connectivity index (χ0) is 4.41. The zero-order valence-corrected chi connectivity index (χ0v) is 8.16. The summed E-state index contributed by atoms with van der Waals surface area (Å²) in [6.07, 6.45) is 7.69. The van der Waals surface area contributed by atoms with E-state index >= 15 is 0 Å². The van der Waals surface area contributed by atoms with Crippen LogP contribution in [0.25, 0.3) is 0 Å². The summed E-state index contributed by atoms with van der Waals surface area (Å²) in [5.74, 6) is 0. The van der Waals surface area contributed by atoms with E-state index in [1.54, 1.807) is 28.0 Å². The second-order valence-corrected chi connectivity index (χ2v) is 2.90. The van der Waals surface area contributed by atoms with Crippen molar-refractivity contribution in [1.29, 1.82) is 0 Å². The van der Waals surface area contributed by atoms with Gasteiger partial charge in [-0.05, 0) is 11.0 Å². The monoisotopic (exact) mass is 257 g/mol. The SMILES string of the molecule is [Cl-].[Cl-].[SiH4].[Zr+2][C]1=CC=CC1. The van der Waals surface area contributed by atoms with Crippen LogP contribution in [0.5, 0.6) is 0 Å². The fourth-order valence-electron chi connectivity index (χ4n) is 0.447. The second kappa shape index (κ2) is 9.16. The van der Waals surface area contributed by atoms with Gasteiger partial charge in [-0.2, -0.15) is 0 Å². The van der Waals surface area contributed by atoms with Gasteiger partial charge >= 0.3 is 52.6 Å². The van der Waals surface area contributed by atoms with Crippen molar-refractivity contribution in [3.63, 3.8) is 0 Å². The maximum absolute atomic E-state index is 2.18. The average Bonchev–Trinajstić information content (AvgIpc) is 1.86. The minimum absolute atomic E-state index is 0. The fraction of sp³-hybridized carbons (Fsp3) is 0.200. The fourth-order valence-corrected chi connectivity index (χ4v) is 0.973. The molecule has 9 heavy (non-hydrogen) atoms. The molecule has 0 fully saturated rings. The Morgan fingerprint density at radius 1 is 1.33 bits per heavy atom. The Morgan fingerprint density at radius 2 is 1.89 bits per heavy atom. The first kappa shape index (κ1) is 16.6. The standard InChI is InChI=1S/C5H5.2ClH.H4Si.Zr/c1-2-4-5-3-1;;;;/h1-3H,4H2;2*1H;1H4;/q;;;;+2/p-2. The summed E-state index contributed by atoms with van der Waals surface area (Å²) in [6, 6.07) is 0. The zero-order valence-electron chi connectivity index (χ0n) is 4.20. The van der Waals surface area contributed by atoms with E-state index in [0.29, 0.717) is 0 Å². The first-order chi connectivity index (χ1) is 2.89. The van der Waals surface area contributed by atoms with E-state index < -0.39 is 0 Å². The van der Waals surface area contributed by atoms with E-state index in [2.05, 4.69) is 18.2 Å². The van der Waals surface area contributed by atoms with Crippen LogP contribution in [0.1, 0.15) is 6.42 Å². The van der Waals surface area contributed by atoms with Gasteiger partial charge in [0.1, 0.15) is 0 Å². The quantitative estimate of drug-likeness (QED) is 0.380. The molecule has 0 amide bonds. The Labute approximate surface area is 87.9 Å². The number of hydrogen-bond donors (Lipinski definition) is 0. The van der Waals surface area contributed by atoms with Crippen molar-refractivity contribution in [2.75, 3.05) is 0 Å². The topological polar surface area (TPSA) is 0 Å². The third-order valence-corrected chi connectivity index (χ3v) is 1.68. The number of allylic oxidation sites excluding steroid dienone is 4. The number of rotatable bonds is 0. The molecule has 0 N–H and O–H groups in total. The molecule has 0 aromatic carbocycles. The first-order valence-corrected chi connectivity index (χ1v) is 3.20. The molecule has 4 heteroatoms. The summed E-state index contributed by atoms with van der Waals surface area (Å²) in [7, 11) is 0. The van der Waals surface area contributed by atoms with Crippen molar-refractivity contribution in [1.82, 2.24) is 0 Å². The molecule has 0 spiro atoms. The van der Waals surface area contributed by atoms with Crippen LogP contribution in [0.15, 0.2) is 21.5 Å². The molecule has 0 aromatic rings. The molecule has 0 heterocycles. The van der Waals surface area contributed by atoms with Gasteiger partial charge in [0.15, 0.2) is 0 Å². The molecule has 0 atom stereocenters. The van der Waals surface area contributed by atoms with E-state index in [1.807, 2.05) is 0 Å².